The van der Waals surface area contributed by atoms with Crippen LogP contribution in [0, 0.1) is 10.1 Å². The van der Waals surface area contributed by atoms with E-state index >= 15 is 0 Å². The second-order valence-corrected chi connectivity index (χ2v) is 5.62. The van der Waals surface area contributed by atoms with E-state index in [1.54, 1.807) is 43.5 Å². The fraction of sp³-hybridized carbons (Fsp3) is 0.263. The summed E-state index contributed by atoms with van der Waals surface area (Å²) < 4.78 is 16.9. The van der Waals surface area contributed by atoms with Crippen LogP contribution >= 0.6 is 0 Å². The van der Waals surface area contributed by atoms with Crippen LogP contribution in [0.1, 0.15) is 30.6 Å². The fourth-order valence-electron chi connectivity index (χ4n) is 2.70. The normalized spacial score (nSPS) is 15.6. The highest BCUT2D eigenvalue weighted by Crippen LogP contribution is 2.40. The summed E-state index contributed by atoms with van der Waals surface area (Å²) in [6.07, 6.45) is 1.62. The standard InChI is InChI=1S/C19H19NO5/c1-3-10-24-17-9-8-14(12-18(17)23-2)19-15(20(21)22)11-13-6-4-5-7-16(13)25-19/h4-9,11-12,19H,3,10H2,1-2H3/t19-/m0/s1. The monoisotopic (exact) mass is 341 g/mol. The molecule has 6 heteroatoms. The average Bonchev–Trinajstić information content (AvgIpc) is 2.65. The SMILES string of the molecule is CCCOc1ccc([C@@H]2Oc3ccccc3C=C2[N+](=O)[O-])cc1OC. The van der Waals surface area contributed by atoms with Gasteiger partial charge in [0.25, 0.3) is 5.70 Å². The maximum atomic E-state index is 11.5. The van der Waals surface area contributed by atoms with Crippen molar-refractivity contribution in [1.29, 1.82) is 0 Å². The van der Waals surface area contributed by atoms with Gasteiger partial charge in [-0.3, -0.25) is 10.1 Å². The summed E-state index contributed by atoms with van der Waals surface area (Å²) in [4.78, 5) is 11.1. The molecule has 0 N–H and O–H groups in total. The van der Waals surface area contributed by atoms with Crippen LogP contribution < -0.4 is 14.2 Å². The second-order valence-electron chi connectivity index (χ2n) is 5.62. The van der Waals surface area contributed by atoms with Gasteiger partial charge in [-0.05, 0) is 24.6 Å². The van der Waals surface area contributed by atoms with E-state index < -0.39 is 11.0 Å². The van der Waals surface area contributed by atoms with Gasteiger partial charge in [0.2, 0.25) is 6.10 Å². The Bertz CT molecular complexity index is 815. The number of fused-ring (bicyclic) bond motifs is 1. The minimum atomic E-state index is -0.806. The average molecular weight is 341 g/mol. The molecule has 1 atom stereocenters. The summed E-state index contributed by atoms with van der Waals surface area (Å²) in [5.41, 5.74) is 1.32. The first-order valence-electron chi connectivity index (χ1n) is 8.06. The van der Waals surface area contributed by atoms with Crippen molar-refractivity contribution in [1.82, 2.24) is 0 Å². The minimum Gasteiger partial charge on any atom is -0.493 e. The summed E-state index contributed by atoms with van der Waals surface area (Å²) in [5.74, 6) is 1.75. The molecular weight excluding hydrogens is 322 g/mol. The number of para-hydroxylation sites is 1. The Morgan fingerprint density at radius 1 is 1.20 bits per heavy atom. The van der Waals surface area contributed by atoms with E-state index in [1.807, 2.05) is 19.1 Å². The van der Waals surface area contributed by atoms with E-state index in [0.717, 1.165) is 6.42 Å². The lowest BCUT2D eigenvalue weighted by molar-refractivity contribution is -0.434. The Labute approximate surface area is 145 Å². The fourth-order valence-corrected chi connectivity index (χ4v) is 2.70. The number of rotatable bonds is 6. The lowest BCUT2D eigenvalue weighted by Crippen LogP contribution is -2.19. The molecule has 0 spiro atoms. The molecule has 0 aromatic heterocycles. The smallest absolute Gasteiger partial charge is 0.291 e. The Balaban J connectivity index is 1.99. The lowest BCUT2D eigenvalue weighted by Gasteiger charge is -2.23. The maximum Gasteiger partial charge on any atom is 0.291 e. The quantitative estimate of drug-likeness (QED) is 0.581. The van der Waals surface area contributed by atoms with Gasteiger partial charge in [-0.25, -0.2) is 0 Å². The van der Waals surface area contributed by atoms with E-state index in [0.29, 0.717) is 35.0 Å². The summed E-state index contributed by atoms with van der Waals surface area (Å²) in [6, 6.07) is 12.5. The van der Waals surface area contributed by atoms with Crippen molar-refractivity contribution in [3.63, 3.8) is 0 Å². The van der Waals surface area contributed by atoms with Gasteiger partial charge in [0.05, 0.1) is 18.6 Å². The summed E-state index contributed by atoms with van der Waals surface area (Å²) >= 11 is 0. The van der Waals surface area contributed by atoms with Crippen LogP contribution in [0.25, 0.3) is 6.08 Å². The predicted octanol–water partition coefficient (Wildman–Crippen LogP) is 4.24. The maximum absolute atomic E-state index is 11.5. The molecule has 0 aliphatic carbocycles. The molecule has 0 saturated heterocycles. The van der Waals surface area contributed by atoms with E-state index in [4.69, 9.17) is 14.2 Å². The molecule has 0 saturated carbocycles. The van der Waals surface area contributed by atoms with Crippen LogP contribution in [0.2, 0.25) is 0 Å². The van der Waals surface area contributed by atoms with Crippen molar-refractivity contribution in [3.05, 3.63) is 69.4 Å². The molecular formula is C19H19NO5. The molecule has 2 aromatic rings. The van der Waals surface area contributed by atoms with Gasteiger partial charge in [0, 0.05) is 17.2 Å². The van der Waals surface area contributed by atoms with Crippen LogP contribution in [-0.4, -0.2) is 18.6 Å². The second kappa shape index (κ2) is 7.25. The third-order valence-electron chi connectivity index (χ3n) is 3.90. The Kier molecular flexibility index (Phi) is 4.88. The summed E-state index contributed by atoms with van der Waals surface area (Å²) in [6.45, 7) is 2.59. The molecule has 6 nitrogen and oxygen atoms in total. The number of nitrogens with zero attached hydrogens (tertiary/aromatic N) is 1. The zero-order valence-corrected chi connectivity index (χ0v) is 14.1. The number of nitro groups is 1. The van der Waals surface area contributed by atoms with Gasteiger partial charge < -0.3 is 14.2 Å². The van der Waals surface area contributed by atoms with Gasteiger partial charge in [0.15, 0.2) is 11.5 Å². The van der Waals surface area contributed by atoms with E-state index in [9.17, 15) is 10.1 Å². The first-order valence-corrected chi connectivity index (χ1v) is 8.06. The zero-order chi connectivity index (χ0) is 17.8. The van der Waals surface area contributed by atoms with Crippen molar-refractivity contribution in [3.8, 4) is 17.2 Å². The van der Waals surface area contributed by atoms with Gasteiger partial charge in [-0.1, -0.05) is 31.2 Å². The molecule has 1 aliphatic rings. The third-order valence-corrected chi connectivity index (χ3v) is 3.90. The number of benzene rings is 2. The van der Waals surface area contributed by atoms with E-state index in [-0.39, 0.29) is 5.70 Å². The highest BCUT2D eigenvalue weighted by molar-refractivity contribution is 5.62. The van der Waals surface area contributed by atoms with Crippen LogP contribution in [-0.2, 0) is 0 Å². The van der Waals surface area contributed by atoms with Crippen molar-refractivity contribution in [2.75, 3.05) is 13.7 Å². The van der Waals surface area contributed by atoms with Gasteiger partial charge in [-0.15, -0.1) is 0 Å². The molecule has 1 heterocycles. The third kappa shape index (κ3) is 3.42. The van der Waals surface area contributed by atoms with E-state index in [1.165, 1.54) is 0 Å². The molecule has 0 bridgehead atoms. The van der Waals surface area contributed by atoms with Gasteiger partial charge >= 0.3 is 0 Å². The molecule has 2 aromatic carbocycles. The molecule has 130 valence electrons. The first kappa shape index (κ1) is 16.8. The minimum absolute atomic E-state index is 0.0111. The first-order chi connectivity index (χ1) is 12.1. The lowest BCUT2D eigenvalue weighted by atomic mass is 10.0. The van der Waals surface area contributed by atoms with E-state index in [2.05, 4.69) is 0 Å². The topological polar surface area (TPSA) is 70.8 Å². The Morgan fingerprint density at radius 2 is 2.00 bits per heavy atom. The molecule has 25 heavy (non-hydrogen) atoms. The van der Waals surface area contributed by atoms with Gasteiger partial charge in [-0.2, -0.15) is 0 Å². The van der Waals surface area contributed by atoms with Crippen molar-refractivity contribution in [2.45, 2.75) is 19.4 Å². The predicted molar refractivity (Wildman–Crippen MR) is 93.6 cm³/mol. The number of methoxy groups -OCH3 is 1. The highest BCUT2D eigenvalue weighted by atomic mass is 16.6. The van der Waals surface area contributed by atoms with Crippen LogP contribution in [0.15, 0.2) is 48.2 Å². The van der Waals surface area contributed by atoms with Crippen LogP contribution in [0.5, 0.6) is 17.2 Å². The molecule has 0 unspecified atom stereocenters. The summed E-state index contributed by atoms with van der Waals surface area (Å²) in [5, 5.41) is 11.5. The Hall–Kier alpha value is -3.02. The Morgan fingerprint density at radius 3 is 2.72 bits per heavy atom. The number of hydrogen-bond donors (Lipinski definition) is 0. The van der Waals surface area contributed by atoms with Crippen molar-refractivity contribution in [2.24, 2.45) is 0 Å². The van der Waals surface area contributed by atoms with Crippen LogP contribution in [0.3, 0.4) is 0 Å². The molecule has 0 amide bonds. The summed E-state index contributed by atoms with van der Waals surface area (Å²) in [7, 11) is 1.54. The largest absolute Gasteiger partial charge is 0.493 e. The van der Waals surface area contributed by atoms with Gasteiger partial charge in [0.1, 0.15) is 5.75 Å². The molecule has 0 fully saturated rings. The molecule has 0 radical (unpaired) electrons. The van der Waals surface area contributed by atoms with Crippen LogP contribution in [0.4, 0.5) is 0 Å². The highest BCUT2D eigenvalue weighted by Gasteiger charge is 2.33. The molecule has 1 aliphatic heterocycles. The number of hydrogen-bond acceptors (Lipinski definition) is 5. The zero-order valence-electron chi connectivity index (χ0n) is 14.1. The number of ether oxygens (including phenoxy) is 3. The molecule has 3 rings (SSSR count). The van der Waals surface area contributed by atoms with Crippen molar-refractivity contribution < 1.29 is 19.1 Å². The van der Waals surface area contributed by atoms with Crippen molar-refractivity contribution >= 4 is 6.08 Å².